The van der Waals surface area contributed by atoms with Crippen molar-refractivity contribution in [3.63, 3.8) is 0 Å². The molecule has 2 fully saturated rings. The van der Waals surface area contributed by atoms with E-state index in [0.29, 0.717) is 23.3 Å². The summed E-state index contributed by atoms with van der Waals surface area (Å²) in [5, 5.41) is 12.7. The highest BCUT2D eigenvalue weighted by Gasteiger charge is 2.62. The van der Waals surface area contributed by atoms with Gasteiger partial charge in [-0.2, -0.15) is 0 Å². The SMILES string of the molecule is Cc1cccc(C)c1Oc1ccc(NC(=O)C2C3C=CC(C4CC34)C2C(=O)O)cc1. The minimum atomic E-state index is -0.864. The van der Waals surface area contributed by atoms with Gasteiger partial charge < -0.3 is 15.2 Å². The molecule has 30 heavy (non-hydrogen) atoms. The first-order chi connectivity index (χ1) is 14.4. The molecule has 2 aromatic carbocycles. The predicted octanol–water partition coefficient (Wildman–Crippen LogP) is 4.80. The number of amides is 1. The lowest BCUT2D eigenvalue weighted by Gasteiger charge is -2.41. The maximum atomic E-state index is 13.1. The van der Waals surface area contributed by atoms with E-state index in [9.17, 15) is 14.7 Å². The van der Waals surface area contributed by atoms with Gasteiger partial charge in [-0.05, 0) is 79.3 Å². The Morgan fingerprint density at radius 3 is 2.13 bits per heavy atom. The molecule has 2 aromatic rings. The first kappa shape index (κ1) is 18.9. The van der Waals surface area contributed by atoms with Crippen molar-refractivity contribution in [2.75, 3.05) is 5.32 Å². The lowest BCUT2D eigenvalue weighted by Crippen LogP contribution is -2.48. The summed E-state index contributed by atoms with van der Waals surface area (Å²) in [5.74, 6) is 0.270. The lowest BCUT2D eigenvalue weighted by molar-refractivity contribution is -0.152. The largest absolute Gasteiger partial charge is 0.481 e. The van der Waals surface area contributed by atoms with Crippen LogP contribution in [0.1, 0.15) is 17.5 Å². The van der Waals surface area contributed by atoms with E-state index >= 15 is 0 Å². The van der Waals surface area contributed by atoms with Gasteiger partial charge in [0.2, 0.25) is 5.91 Å². The maximum Gasteiger partial charge on any atom is 0.307 e. The van der Waals surface area contributed by atoms with Crippen LogP contribution in [-0.4, -0.2) is 17.0 Å². The summed E-state index contributed by atoms with van der Waals surface area (Å²) < 4.78 is 6.03. The van der Waals surface area contributed by atoms with Gasteiger partial charge >= 0.3 is 5.97 Å². The maximum absolute atomic E-state index is 13.1. The fraction of sp³-hybridized carbons (Fsp3) is 0.360. The number of hydrogen-bond donors (Lipinski definition) is 2. The fourth-order valence-corrected chi connectivity index (χ4v) is 5.48. The van der Waals surface area contributed by atoms with Crippen LogP contribution in [0.4, 0.5) is 5.69 Å². The normalized spacial score (nSPS) is 30.5. The number of carboxylic acid groups (broad SMARTS) is 1. The van der Waals surface area contributed by atoms with Gasteiger partial charge in [0.25, 0.3) is 0 Å². The van der Waals surface area contributed by atoms with Crippen molar-refractivity contribution in [2.24, 2.45) is 35.5 Å². The number of carbonyl (C=O) groups is 2. The van der Waals surface area contributed by atoms with Crippen LogP contribution in [0.2, 0.25) is 0 Å². The number of aryl methyl sites for hydroxylation is 2. The second-order valence-corrected chi connectivity index (χ2v) is 8.83. The highest BCUT2D eigenvalue weighted by Crippen LogP contribution is 2.63. The molecule has 6 atom stereocenters. The van der Waals surface area contributed by atoms with Gasteiger partial charge in [0, 0.05) is 5.69 Å². The highest BCUT2D eigenvalue weighted by atomic mass is 16.5. The highest BCUT2D eigenvalue weighted by molar-refractivity contribution is 5.96. The topological polar surface area (TPSA) is 75.6 Å². The summed E-state index contributed by atoms with van der Waals surface area (Å²) in [4.78, 5) is 25.0. The molecule has 5 heteroatoms. The summed E-state index contributed by atoms with van der Waals surface area (Å²) in [6.07, 6.45) is 5.14. The molecule has 5 nitrogen and oxygen atoms in total. The predicted molar refractivity (Wildman–Crippen MR) is 113 cm³/mol. The quantitative estimate of drug-likeness (QED) is 0.703. The van der Waals surface area contributed by atoms with Crippen molar-refractivity contribution < 1.29 is 19.4 Å². The Morgan fingerprint density at radius 2 is 1.53 bits per heavy atom. The summed E-state index contributed by atoms with van der Waals surface area (Å²) >= 11 is 0. The van der Waals surface area contributed by atoms with E-state index in [1.165, 1.54) is 0 Å². The molecular weight excluding hydrogens is 378 g/mol. The van der Waals surface area contributed by atoms with E-state index in [-0.39, 0.29) is 17.7 Å². The second kappa shape index (κ2) is 7.01. The van der Waals surface area contributed by atoms with Crippen LogP contribution < -0.4 is 10.1 Å². The van der Waals surface area contributed by atoms with Crippen molar-refractivity contribution in [1.82, 2.24) is 0 Å². The fourth-order valence-electron chi connectivity index (χ4n) is 5.48. The van der Waals surface area contributed by atoms with Gasteiger partial charge in [-0.1, -0.05) is 30.4 Å². The van der Waals surface area contributed by atoms with E-state index in [1.807, 2.05) is 50.3 Å². The number of benzene rings is 2. The molecule has 6 rings (SSSR count). The van der Waals surface area contributed by atoms with Crippen LogP contribution in [0.3, 0.4) is 0 Å². The first-order valence-corrected chi connectivity index (χ1v) is 10.5. The van der Waals surface area contributed by atoms with Crippen LogP contribution in [0.25, 0.3) is 0 Å². The van der Waals surface area contributed by atoms with E-state index in [2.05, 4.69) is 11.4 Å². The zero-order valence-electron chi connectivity index (χ0n) is 17.0. The summed E-state index contributed by atoms with van der Waals surface area (Å²) in [6, 6.07) is 13.2. The number of carboxylic acids is 1. The third-order valence-electron chi connectivity index (χ3n) is 6.99. The van der Waals surface area contributed by atoms with Gasteiger partial charge in [0.15, 0.2) is 0 Å². The smallest absolute Gasteiger partial charge is 0.307 e. The third-order valence-corrected chi connectivity index (χ3v) is 6.99. The van der Waals surface area contributed by atoms with E-state index in [1.54, 1.807) is 12.1 Å². The Labute approximate surface area is 175 Å². The third kappa shape index (κ3) is 3.09. The minimum absolute atomic E-state index is 0.0126. The van der Waals surface area contributed by atoms with E-state index in [4.69, 9.17) is 4.74 Å². The molecule has 0 spiro atoms. The number of anilines is 1. The van der Waals surface area contributed by atoms with Gasteiger partial charge in [0.05, 0.1) is 11.8 Å². The number of allylic oxidation sites excluding steroid dienone is 2. The number of hydrogen-bond acceptors (Lipinski definition) is 3. The Morgan fingerprint density at radius 1 is 0.933 bits per heavy atom. The van der Waals surface area contributed by atoms with Gasteiger partial charge in [0.1, 0.15) is 11.5 Å². The molecule has 1 amide bonds. The van der Waals surface area contributed by atoms with Gasteiger partial charge in [-0.3, -0.25) is 9.59 Å². The Kier molecular flexibility index (Phi) is 4.42. The number of rotatable bonds is 5. The Bertz CT molecular complexity index is 1020. The van der Waals surface area contributed by atoms with Crippen molar-refractivity contribution in [3.8, 4) is 11.5 Å². The molecule has 0 aliphatic heterocycles. The van der Waals surface area contributed by atoms with Crippen LogP contribution in [-0.2, 0) is 9.59 Å². The molecule has 4 aliphatic rings. The van der Waals surface area contributed by atoms with Gasteiger partial charge in [-0.15, -0.1) is 0 Å². The number of carbonyl (C=O) groups excluding carboxylic acids is 1. The summed E-state index contributed by atoms with van der Waals surface area (Å²) in [6.45, 7) is 4.01. The number of ether oxygens (including phenoxy) is 1. The van der Waals surface area contributed by atoms with Crippen LogP contribution in [0, 0.1) is 49.4 Å². The average molecular weight is 403 g/mol. The molecule has 154 valence electrons. The molecule has 2 N–H and O–H groups in total. The molecule has 4 aliphatic carbocycles. The molecule has 6 unspecified atom stereocenters. The minimum Gasteiger partial charge on any atom is -0.481 e. The monoisotopic (exact) mass is 403 g/mol. The van der Waals surface area contributed by atoms with Crippen LogP contribution >= 0.6 is 0 Å². The number of para-hydroxylation sites is 1. The molecule has 2 bridgehead atoms. The van der Waals surface area contributed by atoms with Crippen molar-refractivity contribution in [3.05, 3.63) is 65.7 Å². The van der Waals surface area contributed by atoms with Crippen LogP contribution in [0.15, 0.2) is 54.6 Å². The van der Waals surface area contributed by atoms with Gasteiger partial charge in [-0.25, -0.2) is 0 Å². The van der Waals surface area contributed by atoms with Crippen LogP contribution in [0.5, 0.6) is 11.5 Å². The van der Waals surface area contributed by atoms with Crippen molar-refractivity contribution in [1.29, 1.82) is 0 Å². The lowest BCUT2D eigenvalue weighted by atomic mass is 9.62. The van der Waals surface area contributed by atoms with E-state index < -0.39 is 17.8 Å². The summed E-state index contributed by atoms with van der Waals surface area (Å²) in [5.41, 5.74) is 2.77. The molecule has 0 saturated heterocycles. The Balaban J connectivity index is 1.31. The van der Waals surface area contributed by atoms with E-state index in [0.717, 1.165) is 23.3 Å². The summed E-state index contributed by atoms with van der Waals surface area (Å²) in [7, 11) is 0. The second-order valence-electron chi connectivity index (χ2n) is 8.83. The zero-order chi connectivity index (χ0) is 21.0. The van der Waals surface area contributed by atoms with Crippen molar-refractivity contribution in [2.45, 2.75) is 20.3 Å². The molecule has 2 saturated carbocycles. The number of aliphatic carboxylic acids is 1. The molecule has 0 aromatic heterocycles. The number of nitrogens with one attached hydrogen (secondary N) is 1. The zero-order valence-corrected chi connectivity index (χ0v) is 17.0. The standard InChI is InChI=1S/C25H25NO4/c1-13-4-3-5-14(2)23(13)30-16-8-6-15(7-9-16)26-24(27)21-17-10-11-18(20-12-19(17)20)22(21)25(28)29/h3-11,17-22H,12H2,1-2H3,(H,26,27)(H,28,29). The van der Waals surface area contributed by atoms with Crippen molar-refractivity contribution >= 4 is 17.6 Å². The molecular formula is C25H25NO4. The Hall–Kier alpha value is -3.08. The first-order valence-electron chi connectivity index (χ1n) is 10.5. The molecule has 0 radical (unpaired) electrons. The average Bonchev–Trinajstić information content (AvgIpc) is 3.54. The molecule has 0 heterocycles. The number of fused-ring (bicyclic) bond motifs is 1.